The fourth-order valence-electron chi connectivity index (χ4n) is 1.91. The molecule has 1 unspecified atom stereocenters. The first-order chi connectivity index (χ1) is 8.77. The molecule has 0 spiro atoms. The molecule has 1 atom stereocenters. The van der Waals surface area contributed by atoms with Crippen molar-refractivity contribution in [1.29, 1.82) is 0 Å². The van der Waals surface area contributed by atoms with Crippen molar-refractivity contribution >= 4 is 0 Å². The van der Waals surface area contributed by atoms with Crippen LogP contribution in [0.2, 0.25) is 0 Å². The van der Waals surface area contributed by atoms with Gasteiger partial charge >= 0.3 is 0 Å². The van der Waals surface area contributed by atoms with E-state index in [0.717, 1.165) is 17.0 Å². The molecular formula is C13H16N4O. The van der Waals surface area contributed by atoms with E-state index < -0.39 is 0 Å². The Labute approximate surface area is 106 Å². The van der Waals surface area contributed by atoms with Gasteiger partial charge in [0.05, 0.1) is 13.2 Å². The van der Waals surface area contributed by atoms with Crippen LogP contribution in [0.15, 0.2) is 36.7 Å². The van der Waals surface area contributed by atoms with Crippen molar-refractivity contribution in [3.8, 4) is 5.75 Å². The third-order valence-corrected chi connectivity index (χ3v) is 2.82. The number of hydrazine groups is 1. The van der Waals surface area contributed by atoms with Gasteiger partial charge in [-0.2, -0.15) is 0 Å². The molecule has 0 saturated carbocycles. The normalized spacial score (nSPS) is 12.2. The predicted octanol–water partition coefficient (Wildman–Crippen LogP) is 1.35. The molecule has 2 rings (SSSR count). The van der Waals surface area contributed by atoms with Gasteiger partial charge in [-0.1, -0.05) is 6.07 Å². The lowest BCUT2D eigenvalue weighted by atomic mass is 10.0. The molecule has 0 aliphatic rings. The molecular weight excluding hydrogens is 228 g/mol. The molecule has 3 N–H and O–H groups in total. The lowest BCUT2D eigenvalue weighted by Crippen LogP contribution is -2.30. The lowest BCUT2D eigenvalue weighted by Gasteiger charge is -2.19. The van der Waals surface area contributed by atoms with Crippen molar-refractivity contribution in [2.45, 2.75) is 13.0 Å². The molecule has 0 radical (unpaired) electrons. The van der Waals surface area contributed by atoms with Crippen LogP contribution in [0, 0.1) is 6.92 Å². The van der Waals surface area contributed by atoms with E-state index >= 15 is 0 Å². The molecule has 18 heavy (non-hydrogen) atoms. The van der Waals surface area contributed by atoms with E-state index in [1.54, 1.807) is 19.5 Å². The van der Waals surface area contributed by atoms with Crippen molar-refractivity contribution < 1.29 is 4.74 Å². The zero-order chi connectivity index (χ0) is 13.0. The number of hydrogen-bond donors (Lipinski definition) is 2. The number of nitrogens with two attached hydrogens (primary N) is 1. The predicted molar refractivity (Wildman–Crippen MR) is 68.9 cm³/mol. The number of nitrogens with one attached hydrogen (secondary N) is 1. The summed E-state index contributed by atoms with van der Waals surface area (Å²) in [6.07, 6.45) is 3.47. The molecule has 0 fully saturated rings. The molecule has 0 aromatic carbocycles. The van der Waals surface area contributed by atoms with E-state index in [1.165, 1.54) is 0 Å². The number of methoxy groups -OCH3 is 1. The average molecular weight is 244 g/mol. The number of aryl methyl sites for hydroxylation is 1. The van der Waals surface area contributed by atoms with Crippen LogP contribution in [0.25, 0.3) is 0 Å². The zero-order valence-corrected chi connectivity index (χ0v) is 10.4. The van der Waals surface area contributed by atoms with Crippen LogP contribution in [-0.4, -0.2) is 17.1 Å². The van der Waals surface area contributed by atoms with Gasteiger partial charge < -0.3 is 4.74 Å². The number of aromatic nitrogens is 2. The summed E-state index contributed by atoms with van der Waals surface area (Å²) in [6.45, 7) is 1.94. The highest BCUT2D eigenvalue weighted by Crippen LogP contribution is 2.28. The standard InChI is InChI=1S/C13H16N4O/c1-9-10(5-3-7-15-9)12(17-14)13-11(18-2)6-4-8-16-13/h3-8,12,17H,14H2,1-2H3. The monoisotopic (exact) mass is 244 g/mol. The summed E-state index contributed by atoms with van der Waals surface area (Å²) in [6, 6.07) is 7.29. The summed E-state index contributed by atoms with van der Waals surface area (Å²) in [4.78, 5) is 8.61. The molecule has 0 amide bonds. The van der Waals surface area contributed by atoms with Gasteiger partial charge in [0.15, 0.2) is 0 Å². The molecule has 0 bridgehead atoms. The maximum Gasteiger partial charge on any atom is 0.142 e. The summed E-state index contributed by atoms with van der Waals surface area (Å²) in [5.41, 5.74) is 5.41. The Morgan fingerprint density at radius 3 is 2.61 bits per heavy atom. The summed E-state index contributed by atoms with van der Waals surface area (Å²) < 4.78 is 5.31. The second-order valence-corrected chi connectivity index (χ2v) is 3.87. The second kappa shape index (κ2) is 5.57. The van der Waals surface area contributed by atoms with Crippen LogP contribution in [0.1, 0.15) is 23.0 Å². The highest BCUT2D eigenvalue weighted by Gasteiger charge is 2.20. The van der Waals surface area contributed by atoms with Crippen LogP contribution >= 0.6 is 0 Å². The van der Waals surface area contributed by atoms with Gasteiger partial charge in [-0.05, 0) is 30.7 Å². The van der Waals surface area contributed by atoms with Crippen molar-refractivity contribution in [3.63, 3.8) is 0 Å². The molecule has 5 nitrogen and oxygen atoms in total. The largest absolute Gasteiger partial charge is 0.495 e. The zero-order valence-electron chi connectivity index (χ0n) is 10.4. The molecule has 2 heterocycles. The van der Waals surface area contributed by atoms with Crippen LogP contribution in [0.4, 0.5) is 0 Å². The van der Waals surface area contributed by atoms with Gasteiger partial charge in [0, 0.05) is 18.1 Å². The first kappa shape index (κ1) is 12.5. The third kappa shape index (κ3) is 2.32. The van der Waals surface area contributed by atoms with Gasteiger partial charge in [0.25, 0.3) is 0 Å². The minimum absolute atomic E-state index is 0.241. The Hall–Kier alpha value is -1.98. The van der Waals surface area contributed by atoms with Crippen LogP contribution < -0.4 is 16.0 Å². The van der Waals surface area contributed by atoms with Crippen LogP contribution in [0.3, 0.4) is 0 Å². The maximum atomic E-state index is 5.66. The minimum atomic E-state index is -0.241. The van der Waals surface area contributed by atoms with Crippen molar-refractivity contribution in [2.24, 2.45) is 5.84 Å². The molecule has 5 heteroatoms. The Balaban J connectivity index is 2.49. The van der Waals surface area contributed by atoms with Gasteiger partial charge in [-0.15, -0.1) is 0 Å². The molecule has 2 aromatic rings. The summed E-state index contributed by atoms with van der Waals surface area (Å²) in [7, 11) is 1.62. The Bertz CT molecular complexity index is 530. The topological polar surface area (TPSA) is 73.1 Å². The van der Waals surface area contributed by atoms with E-state index in [4.69, 9.17) is 10.6 Å². The fraction of sp³-hybridized carbons (Fsp3) is 0.231. The maximum absolute atomic E-state index is 5.66. The number of ether oxygens (including phenoxy) is 1. The number of pyridine rings is 2. The smallest absolute Gasteiger partial charge is 0.142 e. The number of hydrogen-bond acceptors (Lipinski definition) is 5. The van der Waals surface area contributed by atoms with Gasteiger partial charge in [-0.3, -0.25) is 15.8 Å². The highest BCUT2D eigenvalue weighted by atomic mass is 16.5. The minimum Gasteiger partial charge on any atom is -0.495 e. The summed E-state index contributed by atoms with van der Waals surface area (Å²) in [5.74, 6) is 6.35. The molecule has 94 valence electrons. The molecule has 0 saturated heterocycles. The first-order valence-corrected chi connectivity index (χ1v) is 5.64. The van der Waals surface area contributed by atoms with Crippen molar-refractivity contribution in [3.05, 3.63) is 53.6 Å². The molecule has 0 aliphatic carbocycles. The average Bonchev–Trinajstić information content (AvgIpc) is 2.42. The first-order valence-electron chi connectivity index (χ1n) is 5.64. The van der Waals surface area contributed by atoms with Crippen LogP contribution in [-0.2, 0) is 0 Å². The van der Waals surface area contributed by atoms with Crippen molar-refractivity contribution in [2.75, 3.05) is 7.11 Å². The molecule has 2 aromatic heterocycles. The van der Waals surface area contributed by atoms with E-state index in [1.807, 2.05) is 31.2 Å². The summed E-state index contributed by atoms with van der Waals surface area (Å²) in [5, 5.41) is 0. The van der Waals surface area contributed by atoms with E-state index in [0.29, 0.717) is 5.75 Å². The van der Waals surface area contributed by atoms with E-state index in [9.17, 15) is 0 Å². The lowest BCUT2D eigenvalue weighted by molar-refractivity contribution is 0.400. The SMILES string of the molecule is COc1cccnc1C(NN)c1cccnc1C. The third-order valence-electron chi connectivity index (χ3n) is 2.82. The molecule has 0 aliphatic heterocycles. The fourth-order valence-corrected chi connectivity index (χ4v) is 1.91. The van der Waals surface area contributed by atoms with Gasteiger partial charge in [-0.25, -0.2) is 5.43 Å². The Morgan fingerprint density at radius 1 is 1.22 bits per heavy atom. The van der Waals surface area contributed by atoms with Crippen molar-refractivity contribution in [1.82, 2.24) is 15.4 Å². The number of nitrogens with zero attached hydrogens (tertiary/aromatic N) is 2. The van der Waals surface area contributed by atoms with E-state index in [2.05, 4.69) is 15.4 Å². The van der Waals surface area contributed by atoms with Gasteiger partial charge in [0.2, 0.25) is 0 Å². The highest BCUT2D eigenvalue weighted by molar-refractivity contribution is 5.37. The second-order valence-electron chi connectivity index (χ2n) is 3.87. The quantitative estimate of drug-likeness (QED) is 0.627. The Kier molecular flexibility index (Phi) is 3.86. The number of rotatable bonds is 4. The van der Waals surface area contributed by atoms with E-state index in [-0.39, 0.29) is 6.04 Å². The Morgan fingerprint density at radius 2 is 1.94 bits per heavy atom. The summed E-state index contributed by atoms with van der Waals surface area (Å²) >= 11 is 0. The van der Waals surface area contributed by atoms with Gasteiger partial charge in [0.1, 0.15) is 11.4 Å². The van der Waals surface area contributed by atoms with Crippen LogP contribution in [0.5, 0.6) is 5.75 Å².